The summed E-state index contributed by atoms with van der Waals surface area (Å²) in [7, 11) is 0. The number of rotatable bonds is 1. The summed E-state index contributed by atoms with van der Waals surface area (Å²) < 4.78 is 0. The van der Waals surface area contributed by atoms with Crippen LogP contribution in [0.2, 0.25) is 0 Å². The molecule has 2 fully saturated rings. The van der Waals surface area contributed by atoms with Gasteiger partial charge in [-0.1, -0.05) is 48.5 Å². The van der Waals surface area contributed by atoms with Gasteiger partial charge in [-0.2, -0.15) is 0 Å². The summed E-state index contributed by atoms with van der Waals surface area (Å²) in [6.45, 7) is 27.6. The summed E-state index contributed by atoms with van der Waals surface area (Å²) in [5.41, 5.74) is 10.4. The zero-order chi connectivity index (χ0) is 21.6. The minimum absolute atomic E-state index is 0.530. The van der Waals surface area contributed by atoms with Crippen LogP contribution < -0.4 is 0 Å². The second-order valence-electron chi connectivity index (χ2n) is 12.4. The molecule has 0 aliphatic heterocycles. The highest BCUT2D eigenvalue weighted by Gasteiger charge is 2.61. The van der Waals surface area contributed by atoms with E-state index in [1.165, 1.54) is 12.8 Å². The lowest BCUT2D eigenvalue weighted by Gasteiger charge is -2.58. The third-order valence-corrected chi connectivity index (χ3v) is 10.8. The monoisotopic (exact) mass is 394 g/mol. The third kappa shape index (κ3) is 2.69. The normalized spacial score (nSPS) is 43.9. The van der Waals surface area contributed by atoms with E-state index < -0.39 is 0 Å². The molecule has 29 heavy (non-hydrogen) atoms. The van der Waals surface area contributed by atoms with Gasteiger partial charge in [0.15, 0.2) is 0 Å². The Bertz CT molecular complexity index is 814. The van der Waals surface area contributed by atoms with Gasteiger partial charge >= 0.3 is 0 Å². The molecule has 0 amide bonds. The summed E-state index contributed by atoms with van der Waals surface area (Å²) in [6.07, 6.45) is 2.89. The van der Waals surface area contributed by atoms with Gasteiger partial charge in [-0.25, -0.2) is 0 Å². The average molecular weight is 395 g/mol. The zero-order valence-corrected chi connectivity index (χ0v) is 21.1. The van der Waals surface area contributed by atoms with E-state index in [0.717, 1.165) is 47.3 Å². The van der Waals surface area contributed by atoms with Crippen LogP contribution in [0.1, 0.15) is 107 Å². The topological polar surface area (TPSA) is 0 Å². The molecule has 0 radical (unpaired) electrons. The van der Waals surface area contributed by atoms with Crippen molar-refractivity contribution in [3.05, 3.63) is 33.4 Å². The van der Waals surface area contributed by atoms with Crippen LogP contribution >= 0.6 is 0 Å². The maximum absolute atomic E-state index is 2.70. The van der Waals surface area contributed by atoms with Crippen LogP contribution in [0.25, 0.3) is 0 Å². The molecular formula is C29H46. The summed E-state index contributed by atoms with van der Waals surface area (Å²) in [5, 5.41) is 0. The van der Waals surface area contributed by atoms with Crippen LogP contribution in [0.15, 0.2) is 0 Å². The van der Waals surface area contributed by atoms with Crippen LogP contribution in [0.5, 0.6) is 0 Å². The predicted molar refractivity (Wildman–Crippen MR) is 127 cm³/mol. The van der Waals surface area contributed by atoms with Gasteiger partial charge in [0.1, 0.15) is 0 Å². The smallest absolute Gasteiger partial charge is 0.00964 e. The summed E-state index contributed by atoms with van der Waals surface area (Å²) in [5.74, 6) is 7.37. The van der Waals surface area contributed by atoms with Crippen LogP contribution in [-0.2, 0) is 0 Å². The fourth-order valence-corrected chi connectivity index (χ4v) is 9.62. The molecule has 0 saturated heterocycles. The van der Waals surface area contributed by atoms with Gasteiger partial charge in [-0.05, 0) is 133 Å². The lowest BCUT2D eigenvalue weighted by atomic mass is 9.46. The van der Waals surface area contributed by atoms with Crippen molar-refractivity contribution in [3.63, 3.8) is 0 Å². The maximum atomic E-state index is 2.70. The van der Waals surface area contributed by atoms with Crippen molar-refractivity contribution < 1.29 is 0 Å². The van der Waals surface area contributed by atoms with E-state index in [0.29, 0.717) is 11.3 Å². The quantitative estimate of drug-likeness (QED) is 0.449. The molecule has 3 aliphatic rings. The first-order valence-electron chi connectivity index (χ1n) is 12.5. The average Bonchev–Trinajstić information content (AvgIpc) is 2.90. The molecular weight excluding hydrogens is 348 g/mol. The second-order valence-corrected chi connectivity index (χ2v) is 12.4. The van der Waals surface area contributed by atoms with Gasteiger partial charge in [-0.15, -0.1) is 0 Å². The molecule has 9 atom stereocenters. The molecule has 0 heterocycles. The fourth-order valence-electron chi connectivity index (χ4n) is 9.62. The van der Waals surface area contributed by atoms with Crippen LogP contribution in [0.4, 0.5) is 0 Å². The van der Waals surface area contributed by atoms with Gasteiger partial charge in [0.25, 0.3) is 0 Å². The first kappa shape index (κ1) is 21.5. The van der Waals surface area contributed by atoms with E-state index in [2.05, 4.69) is 76.2 Å². The highest BCUT2D eigenvalue weighted by molar-refractivity contribution is 5.55. The number of hydrogen-bond donors (Lipinski definition) is 0. The van der Waals surface area contributed by atoms with Crippen LogP contribution in [0.3, 0.4) is 0 Å². The molecule has 8 unspecified atom stereocenters. The van der Waals surface area contributed by atoms with Crippen molar-refractivity contribution in [1.29, 1.82) is 0 Å². The molecule has 0 spiro atoms. The number of fused-ring (bicyclic) bond motifs is 5. The van der Waals surface area contributed by atoms with E-state index in [9.17, 15) is 0 Å². The minimum Gasteiger partial charge on any atom is -0.0625 e. The molecule has 2 saturated carbocycles. The second kappa shape index (κ2) is 6.86. The van der Waals surface area contributed by atoms with E-state index in [1.54, 1.807) is 33.4 Å². The Labute approximate surface area is 181 Å². The Morgan fingerprint density at radius 2 is 1.34 bits per heavy atom. The zero-order valence-electron chi connectivity index (χ0n) is 21.1. The molecule has 0 nitrogen and oxygen atoms in total. The van der Waals surface area contributed by atoms with Gasteiger partial charge in [-0.3, -0.25) is 0 Å². The van der Waals surface area contributed by atoms with Crippen molar-refractivity contribution in [2.45, 2.75) is 101 Å². The Hall–Kier alpha value is -0.780. The molecule has 162 valence electrons. The molecule has 0 N–H and O–H groups in total. The lowest BCUT2D eigenvalue weighted by molar-refractivity contribution is -0.0405. The van der Waals surface area contributed by atoms with E-state index in [1.807, 2.05) is 0 Å². The third-order valence-electron chi connectivity index (χ3n) is 10.8. The fraction of sp³-hybridized carbons (Fsp3) is 0.793. The molecule has 1 aromatic rings. The van der Waals surface area contributed by atoms with E-state index in [4.69, 9.17) is 0 Å². The predicted octanol–water partition coefficient (Wildman–Crippen LogP) is 8.35. The van der Waals surface area contributed by atoms with E-state index >= 15 is 0 Å². The van der Waals surface area contributed by atoms with Gasteiger partial charge in [0.05, 0.1) is 0 Å². The molecule has 0 heteroatoms. The number of benzene rings is 1. The summed E-state index contributed by atoms with van der Waals surface area (Å²) in [4.78, 5) is 0. The van der Waals surface area contributed by atoms with Crippen molar-refractivity contribution in [2.75, 3.05) is 0 Å². The molecule has 1 aromatic carbocycles. The Kier molecular flexibility index (Phi) is 5.08. The first-order valence-corrected chi connectivity index (χ1v) is 12.5. The minimum atomic E-state index is 0.530. The maximum Gasteiger partial charge on any atom is -0.00964 e. The van der Waals surface area contributed by atoms with Crippen LogP contribution in [0, 0.1) is 74.5 Å². The van der Waals surface area contributed by atoms with Crippen molar-refractivity contribution >= 4 is 0 Å². The first-order chi connectivity index (χ1) is 13.4. The van der Waals surface area contributed by atoms with E-state index in [-0.39, 0.29) is 0 Å². The number of hydrogen-bond acceptors (Lipinski definition) is 0. The highest BCUT2D eigenvalue weighted by Crippen LogP contribution is 2.69. The van der Waals surface area contributed by atoms with Crippen LogP contribution in [-0.4, -0.2) is 0 Å². The van der Waals surface area contributed by atoms with Gasteiger partial charge < -0.3 is 0 Å². The summed E-state index contributed by atoms with van der Waals surface area (Å²) in [6, 6.07) is 0. The molecule has 0 bridgehead atoms. The molecule has 4 rings (SSSR count). The molecule has 3 aliphatic carbocycles. The molecule has 0 aromatic heterocycles. The highest BCUT2D eigenvalue weighted by atomic mass is 14.7. The lowest BCUT2D eigenvalue weighted by Crippen LogP contribution is -2.50. The Morgan fingerprint density at radius 3 is 1.90 bits per heavy atom. The SMILES string of the molecule is Cc1c(C)c(C)c2c(c1C)C(C)C(C)C1C2C(C)CC2(C)C1CC(C)[C@@H]2C(C)C. The Morgan fingerprint density at radius 1 is 0.793 bits per heavy atom. The van der Waals surface area contributed by atoms with Crippen molar-refractivity contribution in [2.24, 2.45) is 46.8 Å². The summed E-state index contributed by atoms with van der Waals surface area (Å²) >= 11 is 0. The largest absolute Gasteiger partial charge is 0.0625 e. The standard InChI is InChI=1S/C29H46/c1-14(2)28-15(3)12-23-26-22(10)21(9)25-19(7)17(5)18(6)20(8)27(25)24(26)16(4)13-29(23,28)11/h14-16,21-24,26,28H,12-13H2,1-11H3/t15?,16?,21?,22?,23?,24?,26?,28-,29?/m0/s1. The van der Waals surface area contributed by atoms with Crippen molar-refractivity contribution in [3.8, 4) is 0 Å². The van der Waals surface area contributed by atoms with Gasteiger partial charge in [0.2, 0.25) is 0 Å². The van der Waals surface area contributed by atoms with Crippen molar-refractivity contribution in [1.82, 2.24) is 0 Å². The Balaban J connectivity index is 1.92. The van der Waals surface area contributed by atoms with Gasteiger partial charge in [0, 0.05) is 0 Å².